The van der Waals surface area contributed by atoms with E-state index in [1.165, 1.54) is 25.7 Å². The van der Waals surface area contributed by atoms with Crippen molar-refractivity contribution in [1.82, 2.24) is 0 Å². The molecule has 0 radical (unpaired) electrons. The number of hydrogen-bond acceptors (Lipinski definition) is 2. The number of aliphatic hydroxyl groups excluding tert-OH is 1. The molecule has 5 atom stereocenters. The fourth-order valence-electron chi connectivity index (χ4n) is 5.78. The number of carbonyl (C=O) groups is 1. The van der Waals surface area contributed by atoms with E-state index in [1.807, 2.05) is 6.92 Å². The maximum atomic E-state index is 12.3. The third-order valence-corrected chi connectivity index (χ3v) is 7.82. The molecule has 3 aliphatic carbocycles. The molecule has 0 saturated heterocycles. The third kappa shape index (κ3) is 1.95. The first-order chi connectivity index (χ1) is 10.2. The summed E-state index contributed by atoms with van der Waals surface area (Å²) in [4.78, 5) is 12.3. The van der Waals surface area contributed by atoms with Gasteiger partial charge in [0.2, 0.25) is 0 Å². The van der Waals surface area contributed by atoms with Crippen molar-refractivity contribution in [2.45, 2.75) is 66.2 Å². The molecule has 22 heavy (non-hydrogen) atoms. The van der Waals surface area contributed by atoms with Crippen LogP contribution in [0.15, 0.2) is 24.0 Å². The Morgan fingerprint density at radius 2 is 1.91 bits per heavy atom. The third-order valence-electron chi connectivity index (χ3n) is 7.82. The second-order valence-electron chi connectivity index (χ2n) is 8.87. The number of aliphatic hydroxyl groups is 1. The summed E-state index contributed by atoms with van der Waals surface area (Å²) in [7, 11) is 0. The van der Waals surface area contributed by atoms with Crippen molar-refractivity contribution in [3.8, 4) is 0 Å². The Morgan fingerprint density at radius 3 is 2.55 bits per heavy atom. The molecule has 122 valence electrons. The molecule has 2 nitrogen and oxygen atoms in total. The minimum absolute atomic E-state index is 0.00877. The molecular weight excluding hydrogens is 272 g/mol. The summed E-state index contributed by atoms with van der Waals surface area (Å²) in [6.07, 6.45) is 8.49. The quantitative estimate of drug-likeness (QED) is 0.675. The summed E-state index contributed by atoms with van der Waals surface area (Å²) in [6.45, 7) is 13.0. The van der Waals surface area contributed by atoms with Crippen LogP contribution in [-0.2, 0) is 4.79 Å². The number of fused-ring (bicyclic) bond motifs is 3. The Hall–Kier alpha value is -1.05. The smallest absolute Gasteiger partial charge is 0.197 e. The van der Waals surface area contributed by atoms with Crippen LogP contribution in [0.2, 0.25) is 0 Å². The summed E-state index contributed by atoms with van der Waals surface area (Å²) < 4.78 is 0. The van der Waals surface area contributed by atoms with E-state index in [4.69, 9.17) is 0 Å². The summed E-state index contributed by atoms with van der Waals surface area (Å²) in [6, 6.07) is 0. The molecule has 2 fully saturated rings. The lowest BCUT2D eigenvalue weighted by molar-refractivity contribution is -0.134. The van der Waals surface area contributed by atoms with Crippen LogP contribution in [0.1, 0.15) is 66.2 Å². The highest BCUT2D eigenvalue weighted by Gasteiger charge is 2.59. The van der Waals surface area contributed by atoms with Crippen molar-refractivity contribution < 1.29 is 9.90 Å². The molecule has 3 rings (SSSR count). The fraction of sp³-hybridized carbons (Fsp3) is 0.750. The Labute approximate surface area is 134 Å². The van der Waals surface area contributed by atoms with Crippen molar-refractivity contribution in [3.05, 3.63) is 24.0 Å². The highest BCUT2D eigenvalue weighted by atomic mass is 16.3. The second kappa shape index (κ2) is 4.72. The van der Waals surface area contributed by atoms with E-state index in [9.17, 15) is 9.90 Å². The van der Waals surface area contributed by atoms with Gasteiger partial charge in [-0.15, -0.1) is 6.58 Å². The first-order valence-corrected chi connectivity index (χ1v) is 8.73. The maximum absolute atomic E-state index is 12.3. The van der Waals surface area contributed by atoms with E-state index < -0.39 is 0 Å². The molecule has 0 spiro atoms. The van der Waals surface area contributed by atoms with Crippen LogP contribution in [0.4, 0.5) is 0 Å². The molecule has 1 N–H and O–H groups in total. The van der Waals surface area contributed by atoms with Crippen LogP contribution in [0.5, 0.6) is 0 Å². The number of ketones is 1. The number of rotatable bonds is 1. The fourth-order valence-corrected chi connectivity index (χ4v) is 5.78. The van der Waals surface area contributed by atoms with Crippen molar-refractivity contribution >= 4 is 5.78 Å². The molecule has 0 bridgehead atoms. The highest BCUT2D eigenvalue weighted by Crippen LogP contribution is 2.66. The molecule has 2 heteroatoms. The number of Topliss-reactive ketones (excluding diaryl/α,β-unsaturated/α-hetero) is 1. The van der Waals surface area contributed by atoms with Gasteiger partial charge in [0.25, 0.3) is 0 Å². The van der Waals surface area contributed by atoms with Gasteiger partial charge in [-0.2, -0.15) is 0 Å². The molecule has 0 unspecified atom stereocenters. The highest BCUT2D eigenvalue weighted by molar-refractivity contribution is 5.95. The minimum Gasteiger partial charge on any atom is -0.504 e. The van der Waals surface area contributed by atoms with E-state index in [0.717, 1.165) is 12.0 Å². The summed E-state index contributed by atoms with van der Waals surface area (Å²) in [5.41, 5.74) is 1.40. The largest absolute Gasteiger partial charge is 0.504 e. The standard InChI is InChI=1S/C20H30O2/c1-6-18(3)9-10-20(5)14(12-18)7-8-19(4)13(2)17(22)15(21)11-16(19)20/h6,14,16,22H,1,7-12H2,2-5H3/t14-,16-,18-,19+,20-/m1/s1. The van der Waals surface area contributed by atoms with Crippen LogP contribution in [-0.4, -0.2) is 10.9 Å². The van der Waals surface area contributed by atoms with Gasteiger partial charge in [-0.3, -0.25) is 4.79 Å². The molecule has 3 aliphatic rings. The molecule has 0 aliphatic heterocycles. The van der Waals surface area contributed by atoms with Crippen molar-refractivity contribution in [3.63, 3.8) is 0 Å². The van der Waals surface area contributed by atoms with E-state index in [1.54, 1.807) is 0 Å². The zero-order valence-electron chi connectivity index (χ0n) is 14.5. The first-order valence-electron chi connectivity index (χ1n) is 8.73. The van der Waals surface area contributed by atoms with E-state index in [0.29, 0.717) is 18.3 Å². The van der Waals surface area contributed by atoms with Crippen LogP contribution in [0.25, 0.3) is 0 Å². The average molecular weight is 302 g/mol. The Bertz CT molecular complexity index is 560. The van der Waals surface area contributed by atoms with Crippen molar-refractivity contribution in [2.75, 3.05) is 0 Å². The minimum atomic E-state index is -0.0427. The number of hydrogen-bond donors (Lipinski definition) is 1. The topological polar surface area (TPSA) is 37.3 Å². The molecule has 0 aromatic carbocycles. The average Bonchev–Trinajstić information content (AvgIpc) is 2.49. The maximum Gasteiger partial charge on any atom is 0.197 e. The zero-order valence-corrected chi connectivity index (χ0v) is 14.5. The number of allylic oxidation sites excluding steroid dienone is 3. The lowest BCUT2D eigenvalue weighted by Crippen LogP contribution is -2.55. The van der Waals surface area contributed by atoms with Crippen molar-refractivity contribution in [2.24, 2.45) is 28.1 Å². The van der Waals surface area contributed by atoms with Crippen LogP contribution in [0, 0.1) is 28.1 Å². The monoisotopic (exact) mass is 302 g/mol. The summed E-state index contributed by atoms with van der Waals surface area (Å²) in [5.74, 6) is 1.05. The zero-order chi connectivity index (χ0) is 16.3. The normalized spacial score (nSPS) is 48.6. The molecule has 0 heterocycles. The van der Waals surface area contributed by atoms with E-state index in [2.05, 4.69) is 33.4 Å². The Balaban J connectivity index is 2.00. The lowest BCUT2D eigenvalue weighted by atomic mass is 9.42. The molecular formula is C20H30O2. The number of carbonyl (C=O) groups excluding carboxylic acids is 1. The van der Waals surface area contributed by atoms with E-state index in [-0.39, 0.29) is 27.8 Å². The summed E-state index contributed by atoms with van der Waals surface area (Å²) in [5, 5.41) is 10.2. The molecule has 2 saturated carbocycles. The van der Waals surface area contributed by atoms with Gasteiger partial charge in [0.1, 0.15) is 0 Å². The molecule has 0 aromatic rings. The van der Waals surface area contributed by atoms with E-state index >= 15 is 0 Å². The predicted molar refractivity (Wildman–Crippen MR) is 89.5 cm³/mol. The van der Waals surface area contributed by atoms with Crippen LogP contribution >= 0.6 is 0 Å². The predicted octanol–water partition coefficient (Wildman–Crippen LogP) is 5.21. The van der Waals surface area contributed by atoms with Gasteiger partial charge in [0, 0.05) is 6.42 Å². The lowest BCUT2D eigenvalue weighted by Gasteiger charge is -2.61. The SMILES string of the molecule is C=C[C@]1(C)CC[C@]2(C)[C@H](CC[C@@]3(C)C(C)=C(O)C(=O)C[C@@H]23)C1. The van der Waals surface area contributed by atoms with Gasteiger partial charge in [0.15, 0.2) is 11.5 Å². The van der Waals surface area contributed by atoms with Crippen LogP contribution < -0.4 is 0 Å². The van der Waals surface area contributed by atoms with Gasteiger partial charge in [0.05, 0.1) is 0 Å². The van der Waals surface area contributed by atoms with Gasteiger partial charge >= 0.3 is 0 Å². The second-order valence-corrected chi connectivity index (χ2v) is 8.87. The summed E-state index contributed by atoms with van der Waals surface area (Å²) >= 11 is 0. The van der Waals surface area contributed by atoms with Gasteiger partial charge in [-0.25, -0.2) is 0 Å². The molecule has 0 aromatic heterocycles. The Kier molecular flexibility index (Phi) is 3.40. The van der Waals surface area contributed by atoms with Gasteiger partial charge < -0.3 is 5.11 Å². The van der Waals surface area contributed by atoms with Gasteiger partial charge in [-0.05, 0) is 72.7 Å². The Morgan fingerprint density at radius 1 is 1.23 bits per heavy atom. The first kappa shape index (κ1) is 15.8. The van der Waals surface area contributed by atoms with Gasteiger partial charge in [-0.1, -0.05) is 26.8 Å². The van der Waals surface area contributed by atoms with Crippen molar-refractivity contribution in [1.29, 1.82) is 0 Å². The van der Waals surface area contributed by atoms with Crippen LogP contribution in [0.3, 0.4) is 0 Å². The molecule has 0 amide bonds.